The fourth-order valence-corrected chi connectivity index (χ4v) is 3.56. The van der Waals surface area contributed by atoms with Crippen LogP contribution in [0.2, 0.25) is 0 Å². The van der Waals surface area contributed by atoms with E-state index in [1.54, 1.807) is 18.2 Å². The van der Waals surface area contributed by atoms with Crippen molar-refractivity contribution in [3.05, 3.63) is 66.6 Å². The Bertz CT molecular complexity index is 885. The molecule has 0 aliphatic rings. The summed E-state index contributed by atoms with van der Waals surface area (Å²) in [6, 6.07) is 11.8. The zero-order valence-corrected chi connectivity index (χ0v) is 17.4. The first kappa shape index (κ1) is 20.1. The Morgan fingerprint density at radius 3 is 2.50 bits per heavy atom. The number of nitro benzene ring substituents is 1. The maximum absolute atomic E-state index is 10.8. The lowest BCUT2D eigenvalue weighted by molar-refractivity contribution is -0.384. The van der Waals surface area contributed by atoms with Gasteiger partial charge >= 0.3 is 0 Å². The lowest BCUT2D eigenvalue weighted by atomic mass is 10.0. The highest BCUT2D eigenvalue weighted by Crippen LogP contribution is 2.35. The number of allylic oxidation sites excluding steroid dienone is 1. The Balaban J connectivity index is 2.47. The van der Waals surface area contributed by atoms with Crippen molar-refractivity contribution in [3.8, 4) is 11.8 Å². The number of halogens is 2. The minimum atomic E-state index is -0.469. The number of non-ortho nitro benzene ring substituents is 1. The summed E-state index contributed by atoms with van der Waals surface area (Å²) in [6.45, 7) is 4.65. The average Bonchev–Trinajstić information content (AvgIpc) is 2.58. The Hall–Kier alpha value is -2.17. The summed E-state index contributed by atoms with van der Waals surface area (Å²) in [5, 5.41) is 20.3. The van der Waals surface area contributed by atoms with Gasteiger partial charge in [-0.25, -0.2) is 0 Å². The van der Waals surface area contributed by atoms with Crippen LogP contribution < -0.4 is 4.74 Å². The first-order valence-corrected chi connectivity index (χ1v) is 9.39. The zero-order valence-electron chi connectivity index (χ0n) is 14.2. The number of ether oxygens (including phenoxy) is 1. The van der Waals surface area contributed by atoms with E-state index in [9.17, 15) is 15.4 Å². The summed E-state index contributed by atoms with van der Waals surface area (Å²) in [7, 11) is 0. The molecular formula is C19H16Br2N2O3. The quantitative estimate of drug-likeness (QED) is 0.213. The van der Waals surface area contributed by atoms with Gasteiger partial charge in [-0.15, -0.1) is 0 Å². The maximum Gasteiger partial charge on any atom is 0.269 e. The second kappa shape index (κ2) is 8.97. The molecule has 0 spiro atoms. The molecule has 26 heavy (non-hydrogen) atoms. The van der Waals surface area contributed by atoms with Crippen molar-refractivity contribution in [2.75, 3.05) is 6.61 Å². The Labute approximate surface area is 168 Å². The summed E-state index contributed by atoms with van der Waals surface area (Å²) >= 11 is 6.95. The molecular weight excluding hydrogens is 464 g/mol. The zero-order chi connectivity index (χ0) is 19.3. The molecule has 0 aliphatic heterocycles. The van der Waals surface area contributed by atoms with Crippen LogP contribution in [0.4, 0.5) is 5.69 Å². The van der Waals surface area contributed by atoms with Crippen molar-refractivity contribution in [3.63, 3.8) is 0 Å². The second-order valence-corrected chi connectivity index (χ2v) is 7.75. The Morgan fingerprint density at radius 1 is 1.31 bits per heavy atom. The van der Waals surface area contributed by atoms with Crippen molar-refractivity contribution in [1.29, 1.82) is 5.26 Å². The van der Waals surface area contributed by atoms with Crippen LogP contribution in [0.5, 0.6) is 5.75 Å². The highest BCUT2D eigenvalue weighted by molar-refractivity contribution is 9.11. The third-order valence-corrected chi connectivity index (χ3v) is 4.45. The van der Waals surface area contributed by atoms with E-state index in [2.05, 4.69) is 51.8 Å². The van der Waals surface area contributed by atoms with Gasteiger partial charge in [0.15, 0.2) is 0 Å². The summed E-state index contributed by atoms with van der Waals surface area (Å²) in [6.07, 6.45) is 1.71. The van der Waals surface area contributed by atoms with Crippen molar-refractivity contribution in [2.45, 2.75) is 13.8 Å². The smallest absolute Gasteiger partial charge is 0.269 e. The van der Waals surface area contributed by atoms with Gasteiger partial charge in [0.05, 0.1) is 27.6 Å². The Kier molecular flexibility index (Phi) is 6.95. The molecule has 0 saturated carbocycles. The number of nitriles is 1. The van der Waals surface area contributed by atoms with Crippen molar-refractivity contribution in [2.24, 2.45) is 5.92 Å². The van der Waals surface area contributed by atoms with Crippen LogP contribution in [0.15, 0.2) is 45.3 Å². The fourth-order valence-electron chi connectivity index (χ4n) is 2.19. The van der Waals surface area contributed by atoms with Crippen LogP contribution in [0.1, 0.15) is 25.0 Å². The molecule has 134 valence electrons. The lowest BCUT2D eigenvalue weighted by Gasteiger charge is -2.14. The van der Waals surface area contributed by atoms with Crippen LogP contribution in [0.3, 0.4) is 0 Å². The summed E-state index contributed by atoms with van der Waals surface area (Å²) in [4.78, 5) is 10.3. The SMILES string of the molecule is CC(C)COc1c(Br)cc(Br)cc1/C=C(\C#N)c1ccc([N+](=O)[O-])cc1. The standard InChI is InChI=1S/C19H16Br2N2O3/c1-12(2)11-26-19-14(8-16(20)9-18(19)21)7-15(10-22)13-3-5-17(6-4-13)23(24)25/h3-9,12H,11H2,1-2H3/b15-7+. The monoisotopic (exact) mass is 478 g/mol. The molecule has 5 nitrogen and oxygen atoms in total. The third kappa shape index (κ3) is 5.16. The van der Waals surface area contributed by atoms with Crippen LogP contribution in [-0.4, -0.2) is 11.5 Å². The van der Waals surface area contributed by atoms with E-state index in [1.165, 1.54) is 12.1 Å². The van der Waals surface area contributed by atoms with Gasteiger partial charge in [-0.3, -0.25) is 10.1 Å². The summed E-state index contributed by atoms with van der Waals surface area (Å²) in [5.41, 5.74) is 1.71. The predicted molar refractivity (Wildman–Crippen MR) is 109 cm³/mol. The molecule has 2 aromatic carbocycles. The Morgan fingerprint density at radius 2 is 1.96 bits per heavy atom. The summed E-state index contributed by atoms with van der Waals surface area (Å²) < 4.78 is 7.52. The molecule has 2 aromatic rings. The van der Waals surface area contributed by atoms with E-state index < -0.39 is 4.92 Å². The van der Waals surface area contributed by atoms with Gasteiger partial charge in [0.1, 0.15) is 5.75 Å². The maximum atomic E-state index is 10.8. The molecule has 2 rings (SSSR count). The second-order valence-electron chi connectivity index (χ2n) is 5.98. The third-order valence-electron chi connectivity index (χ3n) is 3.41. The molecule has 0 N–H and O–H groups in total. The molecule has 7 heteroatoms. The molecule has 0 atom stereocenters. The highest BCUT2D eigenvalue weighted by atomic mass is 79.9. The predicted octanol–water partition coefficient (Wildman–Crippen LogP) is 6.22. The number of benzene rings is 2. The van der Waals surface area contributed by atoms with E-state index >= 15 is 0 Å². The molecule has 0 radical (unpaired) electrons. The molecule has 0 aliphatic carbocycles. The van der Waals surface area contributed by atoms with Crippen LogP contribution in [0, 0.1) is 27.4 Å². The molecule has 0 amide bonds. The number of rotatable bonds is 6. The first-order valence-electron chi connectivity index (χ1n) is 7.80. The molecule has 0 heterocycles. The first-order chi connectivity index (χ1) is 12.3. The van der Waals surface area contributed by atoms with Crippen LogP contribution in [-0.2, 0) is 0 Å². The minimum Gasteiger partial charge on any atom is -0.492 e. The van der Waals surface area contributed by atoms with Crippen molar-refractivity contribution >= 4 is 49.2 Å². The largest absolute Gasteiger partial charge is 0.492 e. The van der Waals surface area contributed by atoms with Gasteiger partial charge in [0, 0.05) is 22.2 Å². The van der Waals surface area contributed by atoms with E-state index in [1.807, 2.05) is 12.1 Å². The summed E-state index contributed by atoms with van der Waals surface area (Å²) in [5.74, 6) is 1.00. The number of hydrogen-bond acceptors (Lipinski definition) is 4. The topological polar surface area (TPSA) is 76.2 Å². The van der Waals surface area contributed by atoms with E-state index in [0.717, 1.165) is 14.5 Å². The molecule has 0 saturated heterocycles. The van der Waals surface area contributed by atoms with Crippen molar-refractivity contribution < 1.29 is 9.66 Å². The van der Waals surface area contributed by atoms with Crippen molar-refractivity contribution in [1.82, 2.24) is 0 Å². The fraction of sp³-hybridized carbons (Fsp3) is 0.211. The normalized spacial score (nSPS) is 11.3. The van der Waals surface area contributed by atoms with Gasteiger partial charge < -0.3 is 4.74 Å². The van der Waals surface area contributed by atoms with Gasteiger partial charge in [-0.2, -0.15) is 5.26 Å². The van der Waals surface area contributed by atoms with Crippen LogP contribution in [0.25, 0.3) is 11.6 Å². The molecule has 0 unspecified atom stereocenters. The average molecular weight is 480 g/mol. The molecule has 0 bridgehead atoms. The number of hydrogen-bond donors (Lipinski definition) is 0. The van der Waals surface area contributed by atoms with Gasteiger partial charge in [-0.1, -0.05) is 29.8 Å². The van der Waals surface area contributed by atoms with Gasteiger partial charge in [0.2, 0.25) is 0 Å². The molecule has 0 fully saturated rings. The highest BCUT2D eigenvalue weighted by Gasteiger charge is 2.12. The number of nitro groups is 1. The van der Waals surface area contributed by atoms with E-state index in [-0.39, 0.29) is 5.69 Å². The minimum absolute atomic E-state index is 0.0165. The van der Waals surface area contributed by atoms with Gasteiger partial charge in [0.25, 0.3) is 5.69 Å². The lowest BCUT2D eigenvalue weighted by Crippen LogP contribution is -2.06. The van der Waals surface area contributed by atoms with E-state index in [0.29, 0.717) is 29.4 Å². The van der Waals surface area contributed by atoms with Gasteiger partial charge in [-0.05, 0) is 57.8 Å². The van der Waals surface area contributed by atoms with E-state index in [4.69, 9.17) is 4.74 Å². The molecule has 0 aromatic heterocycles. The number of nitrogens with zero attached hydrogens (tertiary/aromatic N) is 2. The van der Waals surface area contributed by atoms with Crippen LogP contribution >= 0.6 is 31.9 Å².